The number of methoxy groups -OCH3 is 1. The molecule has 2 fully saturated rings. The lowest BCUT2D eigenvalue weighted by molar-refractivity contribution is -0.125. The Labute approximate surface area is 164 Å². The topological polar surface area (TPSA) is 67.3 Å². The summed E-state index contributed by atoms with van der Waals surface area (Å²) in [6, 6.07) is 8.38. The van der Waals surface area contributed by atoms with Crippen molar-refractivity contribution in [3.8, 4) is 5.88 Å². The molecule has 1 N–H and O–H groups in total. The molecule has 28 heavy (non-hydrogen) atoms. The van der Waals surface area contributed by atoms with Gasteiger partial charge in [0.05, 0.1) is 7.11 Å². The Bertz CT molecular complexity index is 831. The quantitative estimate of drug-likeness (QED) is 0.829. The summed E-state index contributed by atoms with van der Waals surface area (Å²) in [5.74, 6) is 1.08. The fourth-order valence-corrected chi connectivity index (χ4v) is 3.86. The van der Waals surface area contributed by atoms with Crippen LogP contribution in [0, 0.1) is 11.7 Å². The lowest BCUT2D eigenvalue weighted by Crippen LogP contribution is -2.43. The van der Waals surface area contributed by atoms with Crippen LogP contribution in [0.25, 0.3) is 0 Å². The molecule has 4 rings (SSSR count). The fraction of sp³-hybridized carbons (Fsp3) is 0.476. The fourth-order valence-electron chi connectivity index (χ4n) is 3.86. The molecule has 7 heteroatoms. The highest BCUT2D eigenvalue weighted by Gasteiger charge is 2.44. The number of aromatic nitrogens is 2. The SMILES string of the molecule is COc1ccnc(N2CCC(C(=O)NCC3(c4ccc(F)cc4)CC3)CC2)n1. The van der Waals surface area contributed by atoms with E-state index in [-0.39, 0.29) is 23.1 Å². The molecule has 0 radical (unpaired) electrons. The molecule has 0 bridgehead atoms. The van der Waals surface area contributed by atoms with Crippen LogP contribution >= 0.6 is 0 Å². The summed E-state index contributed by atoms with van der Waals surface area (Å²) in [7, 11) is 1.58. The van der Waals surface area contributed by atoms with E-state index in [0.717, 1.165) is 44.3 Å². The third-order valence-corrected chi connectivity index (χ3v) is 5.89. The monoisotopic (exact) mass is 384 g/mol. The molecule has 1 aromatic carbocycles. The lowest BCUT2D eigenvalue weighted by atomic mass is 9.93. The second-order valence-corrected chi connectivity index (χ2v) is 7.67. The highest BCUT2D eigenvalue weighted by atomic mass is 19.1. The summed E-state index contributed by atoms with van der Waals surface area (Å²) in [6.45, 7) is 2.11. The maximum Gasteiger partial charge on any atom is 0.228 e. The minimum atomic E-state index is -0.227. The zero-order valence-electron chi connectivity index (χ0n) is 16.0. The molecule has 0 unspecified atom stereocenters. The van der Waals surface area contributed by atoms with Gasteiger partial charge in [-0.2, -0.15) is 4.98 Å². The van der Waals surface area contributed by atoms with Crippen molar-refractivity contribution < 1.29 is 13.9 Å². The average molecular weight is 384 g/mol. The second-order valence-electron chi connectivity index (χ2n) is 7.67. The maximum atomic E-state index is 13.2. The summed E-state index contributed by atoms with van der Waals surface area (Å²) < 4.78 is 18.3. The Kier molecular flexibility index (Phi) is 5.15. The zero-order valence-corrected chi connectivity index (χ0v) is 16.0. The molecular weight excluding hydrogens is 359 g/mol. The van der Waals surface area contributed by atoms with E-state index < -0.39 is 0 Å². The van der Waals surface area contributed by atoms with Crippen LogP contribution in [-0.4, -0.2) is 42.6 Å². The van der Waals surface area contributed by atoms with Gasteiger partial charge in [-0.05, 0) is 43.4 Å². The van der Waals surface area contributed by atoms with E-state index >= 15 is 0 Å². The molecule has 1 aliphatic carbocycles. The molecule has 1 aliphatic heterocycles. The number of halogens is 1. The third kappa shape index (κ3) is 3.93. The second kappa shape index (κ2) is 7.73. The van der Waals surface area contributed by atoms with Crippen LogP contribution in [0.3, 0.4) is 0 Å². The van der Waals surface area contributed by atoms with Gasteiger partial charge in [-0.3, -0.25) is 4.79 Å². The summed E-state index contributed by atoms with van der Waals surface area (Å²) in [5.41, 5.74) is 1.09. The highest BCUT2D eigenvalue weighted by molar-refractivity contribution is 5.79. The van der Waals surface area contributed by atoms with Crippen LogP contribution in [0.4, 0.5) is 10.3 Å². The van der Waals surface area contributed by atoms with Gasteiger partial charge < -0.3 is 15.0 Å². The Morgan fingerprint density at radius 2 is 1.96 bits per heavy atom. The average Bonchev–Trinajstić information content (AvgIpc) is 3.54. The van der Waals surface area contributed by atoms with E-state index in [0.29, 0.717) is 18.4 Å². The maximum absolute atomic E-state index is 13.2. The Morgan fingerprint density at radius 1 is 1.25 bits per heavy atom. The van der Waals surface area contributed by atoms with Gasteiger partial charge in [0.1, 0.15) is 5.82 Å². The van der Waals surface area contributed by atoms with Gasteiger partial charge in [-0.15, -0.1) is 0 Å². The van der Waals surface area contributed by atoms with Crippen molar-refractivity contribution >= 4 is 11.9 Å². The molecule has 1 aromatic heterocycles. The van der Waals surface area contributed by atoms with Gasteiger partial charge in [0, 0.05) is 43.2 Å². The van der Waals surface area contributed by atoms with Crippen molar-refractivity contribution in [2.75, 3.05) is 31.6 Å². The lowest BCUT2D eigenvalue weighted by Gasteiger charge is -2.31. The Hall–Kier alpha value is -2.70. The standard InChI is InChI=1S/C21H25FN4O2/c1-28-18-6-11-23-20(25-18)26-12-7-15(8-13-26)19(27)24-14-21(9-10-21)16-2-4-17(22)5-3-16/h2-6,11,15H,7-10,12-14H2,1H3,(H,24,27). The Balaban J connectivity index is 1.29. The van der Waals surface area contributed by atoms with Crippen LogP contribution in [-0.2, 0) is 10.2 Å². The minimum Gasteiger partial charge on any atom is -0.481 e. The van der Waals surface area contributed by atoms with E-state index in [9.17, 15) is 9.18 Å². The molecule has 1 saturated carbocycles. The van der Waals surface area contributed by atoms with Crippen LogP contribution in [0.2, 0.25) is 0 Å². The number of rotatable bonds is 6. The van der Waals surface area contributed by atoms with E-state index in [4.69, 9.17) is 4.74 Å². The number of amides is 1. The van der Waals surface area contributed by atoms with Crippen LogP contribution < -0.4 is 15.0 Å². The molecule has 2 aromatic rings. The van der Waals surface area contributed by atoms with E-state index in [1.165, 1.54) is 12.1 Å². The molecule has 148 valence electrons. The van der Waals surface area contributed by atoms with Gasteiger partial charge in [-0.25, -0.2) is 9.37 Å². The summed E-state index contributed by atoms with van der Waals surface area (Å²) in [5, 5.41) is 3.14. The molecular formula is C21H25FN4O2. The van der Waals surface area contributed by atoms with Crippen molar-refractivity contribution in [1.82, 2.24) is 15.3 Å². The number of piperidine rings is 1. The van der Waals surface area contributed by atoms with Gasteiger partial charge in [0.15, 0.2) is 0 Å². The number of hydrogen-bond acceptors (Lipinski definition) is 5. The van der Waals surface area contributed by atoms with E-state index in [1.807, 2.05) is 12.1 Å². The smallest absolute Gasteiger partial charge is 0.228 e. The van der Waals surface area contributed by atoms with Crippen LogP contribution in [0.5, 0.6) is 5.88 Å². The van der Waals surface area contributed by atoms with Crippen molar-refractivity contribution in [2.24, 2.45) is 5.92 Å². The molecule has 0 atom stereocenters. The first-order valence-corrected chi connectivity index (χ1v) is 9.75. The van der Waals surface area contributed by atoms with Crippen LogP contribution in [0.1, 0.15) is 31.2 Å². The zero-order chi connectivity index (χ0) is 19.6. The largest absolute Gasteiger partial charge is 0.481 e. The number of nitrogens with one attached hydrogen (secondary N) is 1. The summed E-state index contributed by atoms with van der Waals surface area (Å²) in [4.78, 5) is 23.4. The number of carbonyl (C=O) groups excluding carboxylic acids is 1. The van der Waals surface area contributed by atoms with Crippen molar-refractivity contribution in [3.63, 3.8) is 0 Å². The predicted molar refractivity (Wildman–Crippen MR) is 104 cm³/mol. The van der Waals surface area contributed by atoms with Gasteiger partial charge in [0.2, 0.25) is 17.7 Å². The first-order chi connectivity index (χ1) is 13.6. The van der Waals surface area contributed by atoms with Crippen molar-refractivity contribution in [3.05, 3.63) is 47.9 Å². The first-order valence-electron chi connectivity index (χ1n) is 9.75. The molecule has 0 spiro atoms. The number of nitrogens with zero attached hydrogens (tertiary/aromatic N) is 3. The van der Waals surface area contributed by atoms with Gasteiger partial charge >= 0.3 is 0 Å². The normalized spacial score (nSPS) is 18.6. The van der Waals surface area contributed by atoms with Gasteiger partial charge in [-0.1, -0.05) is 12.1 Å². The molecule has 1 saturated heterocycles. The number of carbonyl (C=O) groups is 1. The number of hydrogen-bond donors (Lipinski definition) is 1. The van der Waals surface area contributed by atoms with E-state index in [2.05, 4.69) is 20.2 Å². The molecule has 6 nitrogen and oxygen atoms in total. The van der Waals surface area contributed by atoms with Crippen molar-refractivity contribution in [1.29, 1.82) is 0 Å². The first kappa shape index (κ1) is 18.7. The minimum absolute atomic E-state index is 0.00544. The van der Waals surface area contributed by atoms with E-state index in [1.54, 1.807) is 19.4 Å². The molecule has 2 heterocycles. The van der Waals surface area contributed by atoms with Crippen molar-refractivity contribution in [2.45, 2.75) is 31.1 Å². The highest BCUT2D eigenvalue weighted by Crippen LogP contribution is 2.47. The molecule has 2 aliphatic rings. The predicted octanol–water partition coefficient (Wildman–Crippen LogP) is 2.69. The Morgan fingerprint density at radius 3 is 2.61 bits per heavy atom. The number of ether oxygens (including phenoxy) is 1. The molecule has 1 amide bonds. The van der Waals surface area contributed by atoms with Gasteiger partial charge in [0.25, 0.3) is 0 Å². The van der Waals surface area contributed by atoms with Crippen LogP contribution in [0.15, 0.2) is 36.5 Å². The summed E-state index contributed by atoms with van der Waals surface area (Å²) in [6.07, 6.45) is 5.30. The summed E-state index contributed by atoms with van der Waals surface area (Å²) >= 11 is 0. The number of benzene rings is 1. The number of anilines is 1. The third-order valence-electron chi connectivity index (χ3n) is 5.89.